The third-order valence-corrected chi connectivity index (χ3v) is 4.07. The fourth-order valence-electron chi connectivity index (χ4n) is 2.23. The number of aromatic hydroxyl groups is 1. The monoisotopic (exact) mass is 312 g/mol. The molecule has 0 unspecified atom stereocenters. The highest BCUT2D eigenvalue weighted by Gasteiger charge is 2.33. The molecule has 0 radical (unpaired) electrons. The van der Waals surface area contributed by atoms with E-state index in [2.05, 4.69) is 10.3 Å². The van der Waals surface area contributed by atoms with E-state index in [1.165, 1.54) is 30.1 Å². The maximum atomic E-state index is 12.6. The summed E-state index contributed by atoms with van der Waals surface area (Å²) in [5, 5.41) is 12.3. The number of Topliss-reactive ketones (excluding diaryl/α,β-unsaturated/α-hetero) is 2. The minimum atomic E-state index is -0.264. The number of nitrogens with zero attached hydrogens (tertiary/aromatic N) is 1. The highest BCUT2D eigenvalue weighted by molar-refractivity contribution is 8.03. The number of hydrogen-bond donors (Lipinski definition) is 2. The molecule has 3 rings (SSSR count). The number of allylic oxidation sites excluding steroid dienone is 2. The first-order chi connectivity index (χ1) is 10.6. The zero-order chi connectivity index (χ0) is 15.7. The lowest BCUT2D eigenvalue weighted by Gasteiger charge is -2.20. The van der Waals surface area contributed by atoms with Crippen molar-refractivity contribution in [3.05, 3.63) is 64.5 Å². The van der Waals surface area contributed by atoms with Crippen molar-refractivity contribution in [2.24, 2.45) is 0 Å². The fraction of sp³-hybridized carbons (Fsp3) is 0.0625. The maximum absolute atomic E-state index is 12.6. The predicted octanol–water partition coefficient (Wildman–Crippen LogP) is 2.85. The van der Waals surface area contributed by atoms with Gasteiger partial charge in [-0.15, -0.1) is 11.8 Å². The van der Waals surface area contributed by atoms with Gasteiger partial charge in [0, 0.05) is 11.9 Å². The van der Waals surface area contributed by atoms with Gasteiger partial charge in [0.1, 0.15) is 17.1 Å². The van der Waals surface area contributed by atoms with Crippen LogP contribution in [0.15, 0.2) is 53.2 Å². The van der Waals surface area contributed by atoms with Gasteiger partial charge in [0.05, 0.1) is 10.5 Å². The minimum Gasteiger partial charge on any atom is -0.508 e. The van der Waals surface area contributed by atoms with Gasteiger partial charge in [0.2, 0.25) is 11.6 Å². The van der Waals surface area contributed by atoms with Gasteiger partial charge in [-0.05, 0) is 42.7 Å². The third-order valence-electron chi connectivity index (χ3n) is 3.27. The Morgan fingerprint density at radius 1 is 1.09 bits per heavy atom. The SMILES string of the molecule is CSC1=C(Nc2ccc(O)cc2)C(=O)c2cccnc2C1=O. The maximum Gasteiger partial charge on any atom is 0.220 e. The van der Waals surface area contributed by atoms with Gasteiger partial charge < -0.3 is 10.4 Å². The number of ketones is 2. The number of anilines is 1. The van der Waals surface area contributed by atoms with Crippen LogP contribution in [0.3, 0.4) is 0 Å². The summed E-state index contributed by atoms with van der Waals surface area (Å²) in [7, 11) is 0. The lowest BCUT2D eigenvalue weighted by molar-refractivity contribution is 0.0979. The highest BCUT2D eigenvalue weighted by atomic mass is 32.2. The number of benzene rings is 1. The molecule has 0 saturated carbocycles. The molecule has 0 spiro atoms. The quantitative estimate of drug-likeness (QED) is 0.848. The molecule has 1 aromatic heterocycles. The van der Waals surface area contributed by atoms with Crippen LogP contribution in [0.2, 0.25) is 0 Å². The van der Waals surface area contributed by atoms with Crippen LogP contribution in [0.4, 0.5) is 5.69 Å². The van der Waals surface area contributed by atoms with Crippen molar-refractivity contribution < 1.29 is 14.7 Å². The van der Waals surface area contributed by atoms with Crippen LogP contribution in [0.25, 0.3) is 0 Å². The number of thioether (sulfide) groups is 1. The van der Waals surface area contributed by atoms with Crippen molar-refractivity contribution >= 4 is 29.0 Å². The first-order valence-electron chi connectivity index (χ1n) is 6.50. The van der Waals surface area contributed by atoms with Crippen LogP contribution in [0, 0.1) is 0 Å². The van der Waals surface area contributed by atoms with Gasteiger partial charge in [-0.2, -0.15) is 0 Å². The van der Waals surface area contributed by atoms with Crippen LogP contribution < -0.4 is 5.32 Å². The van der Waals surface area contributed by atoms with E-state index in [0.717, 1.165) is 0 Å². The van der Waals surface area contributed by atoms with E-state index in [1.54, 1.807) is 30.5 Å². The molecule has 110 valence electrons. The highest BCUT2D eigenvalue weighted by Crippen LogP contribution is 2.31. The van der Waals surface area contributed by atoms with Crippen LogP contribution >= 0.6 is 11.8 Å². The molecule has 0 bridgehead atoms. The average molecular weight is 312 g/mol. The van der Waals surface area contributed by atoms with Crippen LogP contribution in [-0.4, -0.2) is 27.9 Å². The molecular weight excluding hydrogens is 300 g/mol. The lowest BCUT2D eigenvalue weighted by Crippen LogP contribution is -2.25. The molecular formula is C16H12N2O3S. The number of phenols is 1. The number of phenolic OH excluding ortho intramolecular Hbond substituents is 1. The predicted molar refractivity (Wildman–Crippen MR) is 85.2 cm³/mol. The summed E-state index contributed by atoms with van der Waals surface area (Å²) >= 11 is 1.21. The summed E-state index contributed by atoms with van der Waals surface area (Å²) in [6, 6.07) is 9.51. The van der Waals surface area contributed by atoms with Crippen LogP contribution in [0.1, 0.15) is 20.8 Å². The zero-order valence-electron chi connectivity index (χ0n) is 11.7. The average Bonchev–Trinajstić information content (AvgIpc) is 2.55. The molecule has 0 amide bonds. The van der Waals surface area contributed by atoms with Gasteiger partial charge >= 0.3 is 0 Å². The molecule has 22 heavy (non-hydrogen) atoms. The number of aromatic nitrogens is 1. The largest absolute Gasteiger partial charge is 0.508 e. The van der Waals surface area contributed by atoms with Crippen LogP contribution in [0.5, 0.6) is 5.75 Å². The summed E-state index contributed by atoms with van der Waals surface area (Å²) in [5.74, 6) is -0.394. The zero-order valence-corrected chi connectivity index (χ0v) is 12.5. The molecule has 1 heterocycles. The Labute approximate surface area is 131 Å². The topological polar surface area (TPSA) is 79.3 Å². The molecule has 1 aliphatic carbocycles. The molecule has 0 fully saturated rings. The van der Waals surface area contributed by atoms with Crippen LogP contribution in [-0.2, 0) is 0 Å². The Morgan fingerprint density at radius 3 is 2.50 bits per heavy atom. The van der Waals surface area contributed by atoms with Gasteiger partial charge in [0.15, 0.2) is 0 Å². The van der Waals surface area contributed by atoms with E-state index in [0.29, 0.717) is 16.2 Å². The molecule has 0 aliphatic heterocycles. The summed E-state index contributed by atoms with van der Waals surface area (Å²) < 4.78 is 0. The Bertz CT molecular complexity index is 797. The second-order valence-electron chi connectivity index (χ2n) is 4.64. The molecule has 2 N–H and O–H groups in total. The first-order valence-corrected chi connectivity index (χ1v) is 7.73. The van der Waals surface area contributed by atoms with E-state index < -0.39 is 0 Å². The molecule has 0 atom stereocenters. The Kier molecular flexibility index (Phi) is 3.68. The Morgan fingerprint density at radius 2 is 1.82 bits per heavy atom. The summed E-state index contributed by atoms with van der Waals surface area (Å²) in [4.78, 5) is 29.5. The van der Waals surface area contributed by atoms with E-state index >= 15 is 0 Å². The lowest BCUT2D eigenvalue weighted by atomic mass is 9.96. The number of pyridine rings is 1. The number of carbonyl (C=O) groups is 2. The molecule has 5 nitrogen and oxygen atoms in total. The molecule has 0 saturated heterocycles. The minimum absolute atomic E-state index is 0.130. The molecule has 1 aliphatic rings. The summed E-state index contributed by atoms with van der Waals surface area (Å²) in [6.07, 6.45) is 3.24. The van der Waals surface area contributed by atoms with E-state index in [1.807, 2.05) is 0 Å². The molecule has 1 aromatic carbocycles. The molecule has 6 heteroatoms. The van der Waals surface area contributed by atoms with Crippen molar-refractivity contribution in [2.45, 2.75) is 0 Å². The van der Waals surface area contributed by atoms with Crippen molar-refractivity contribution in [3.63, 3.8) is 0 Å². The number of carbonyl (C=O) groups excluding carboxylic acids is 2. The van der Waals surface area contributed by atoms with Gasteiger partial charge in [-0.1, -0.05) is 0 Å². The number of hydrogen-bond acceptors (Lipinski definition) is 6. The van der Waals surface area contributed by atoms with Crippen molar-refractivity contribution in [1.82, 2.24) is 4.98 Å². The van der Waals surface area contributed by atoms with Crippen molar-refractivity contribution in [1.29, 1.82) is 0 Å². The van der Waals surface area contributed by atoms with E-state index in [-0.39, 0.29) is 28.7 Å². The van der Waals surface area contributed by atoms with Gasteiger partial charge in [0.25, 0.3) is 0 Å². The number of nitrogens with one attached hydrogen (secondary N) is 1. The Hall–Kier alpha value is -2.60. The van der Waals surface area contributed by atoms with Gasteiger partial charge in [-0.3, -0.25) is 14.6 Å². The summed E-state index contributed by atoms with van der Waals surface area (Å²) in [6.45, 7) is 0. The number of rotatable bonds is 3. The second-order valence-corrected chi connectivity index (χ2v) is 5.45. The fourth-order valence-corrected chi connectivity index (χ4v) is 2.86. The normalized spacial score (nSPS) is 14.0. The number of fused-ring (bicyclic) bond motifs is 1. The van der Waals surface area contributed by atoms with E-state index in [4.69, 9.17) is 0 Å². The smallest absolute Gasteiger partial charge is 0.220 e. The van der Waals surface area contributed by atoms with Crippen molar-refractivity contribution in [2.75, 3.05) is 11.6 Å². The molecule has 2 aromatic rings. The third kappa shape index (κ3) is 2.37. The summed E-state index contributed by atoms with van der Waals surface area (Å²) in [5.41, 5.74) is 1.34. The second kappa shape index (κ2) is 5.65. The Balaban J connectivity index is 2.06. The van der Waals surface area contributed by atoms with Gasteiger partial charge in [-0.25, -0.2) is 0 Å². The van der Waals surface area contributed by atoms with Crippen molar-refractivity contribution in [3.8, 4) is 5.75 Å². The standard InChI is InChI=1S/C16H12N2O3S/c1-22-16-13(18-9-4-6-10(19)7-5-9)14(20)11-3-2-8-17-12(11)15(16)21/h2-8,18-19H,1H3. The van der Waals surface area contributed by atoms with E-state index in [9.17, 15) is 14.7 Å². The first kappa shape index (κ1) is 14.3.